The van der Waals surface area contributed by atoms with Crippen LogP contribution in [0.25, 0.3) is 22.7 Å². The summed E-state index contributed by atoms with van der Waals surface area (Å²) in [5.74, 6) is 0. The first-order valence-electron chi connectivity index (χ1n) is 10.4. The second kappa shape index (κ2) is 8.93. The number of allylic oxidation sites excluding steroid dienone is 5. The zero-order valence-electron chi connectivity index (χ0n) is 16.7. The molecule has 0 spiro atoms. The van der Waals surface area contributed by atoms with Crippen molar-refractivity contribution in [2.75, 3.05) is 0 Å². The average molecular weight is 468 g/mol. The number of halogens is 2. The molecule has 6 rings (SSSR count). The van der Waals surface area contributed by atoms with E-state index in [9.17, 15) is 0 Å². The molecule has 4 heteroatoms. The first kappa shape index (κ1) is 21.7. The fourth-order valence-electron chi connectivity index (χ4n) is 5.18. The normalized spacial score (nSPS) is 18.6. The molecule has 0 fully saturated rings. The van der Waals surface area contributed by atoms with Gasteiger partial charge in [0.2, 0.25) is 0 Å². The molecule has 0 amide bonds. The molecule has 1 heterocycles. The number of para-hydroxylation sites is 1. The third kappa shape index (κ3) is 3.47. The summed E-state index contributed by atoms with van der Waals surface area (Å²) in [7, 11) is 0. The maximum atomic E-state index is 2.67. The standard InChI is InChI=1S/C21H18N.C5H5.2ClH.Ti/c1-2-8-16-14-17(13-15(16)7-1)22-20-11-5-3-9-18(20)19-10-4-6-12-21(19)22;1-2-4-5-3-1;;;/h1-3,5,7-9,11,13-14H,4,6,10,12H2;1-3H,4H2;2*1H;/q;;;;+2/p-2. The third-order valence-corrected chi connectivity index (χ3v) is 9.00. The maximum Gasteiger partial charge on any atom is -1.00 e. The molecule has 3 aliphatic rings. The predicted octanol–water partition coefficient (Wildman–Crippen LogP) is 0.507. The molecule has 0 saturated heterocycles. The topological polar surface area (TPSA) is 4.93 Å². The van der Waals surface area contributed by atoms with E-state index in [0.717, 1.165) is 6.42 Å². The van der Waals surface area contributed by atoms with Gasteiger partial charge >= 0.3 is 176 Å². The molecule has 1 unspecified atom stereocenters. The molecule has 0 radical (unpaired) electrons. The molecule has 150 valence electrons. The van der Waals surface area contributed by atoms with Crippen molar-refractivity contribution in [2.45, 2.75) is 36.3 Å². The second-order valence-electron chi connectivity index (χ2n) is 8.08. The number of benzene rings is 2. The van der Waals surface area contributed by atoms with Crippen molar-refractivity contribution in [3.8, 4) is 0 Å². The van der Waals surface area contributed by atoms with E-state index < -0.39 is 0 Å². The van der Waals surface area contributed by atoms with Gasteiger partial charge in [0.05, 0.1) is 0 Å². The van der Waals surface area contributed by atoms with Crippen LogP contribution >= 0.6 is 0 Å². The van der Waals surface area contributed by atoms with E-state index in [1.165, 1.54) is 47.8 Å². The van der Waals surface area contributed by atoms with Crippen LogP contribution in [0.3, 0.4) is 0 Å². The first-order valence-corrected chi connectivity index (χ1v) is 12.1. The Morgan fingerprint density at radius 1 is 0.900 bits per heavy atom. The minimum atomic E-state index is -0.243. The van der Waals surface area contributed by atoms with E-state index in [1.807, 2.05) is 0 Å². The largest absolute Gasteiger partial charge is 1.00 e. The van der Waals surface area contributed by atoms with Crippen molar-refractivity contribution in [1.82, 2.24) is 4.57 Å². The van der Waals surface area contributed by atoms with E-state index in [1.54, 1.807) is 20.7 Å². The zero-order chi connectivity index (χ0) is 18.5. The van der Waals surface area contributed by atoms with E-state index >= 15 is 0 Å². The van der Waals surface area contributed by atoms with Gasteiger partial charge in [0.25, 0.3) is 0 Å². The van der Waals surface area contributed by atoms with Crippen LogP contribution in [0.5, 0.6) is 0 Å². The van der Waals surface area contributed by atoms with Gasteiger partial charge in [-0.25, -0.2) is 0 Å². The van der Waals surface area contributed by atoms with E-state index in [0.29, 0.717) is 4.22 Å². The Morgan fingerprint density at radius 3 is 2.57 bits per heavy atom. The van der Waals surface area contributed by atoms with Crippen molar-refractivity contribution >= 4 is 22.7 Å². The summed E-state index contributed by atoms with van der Waals surface area (Å²) in [6, 6.07) is 18.2. The van der Waals surface area contributed by atoms with Crippen molar-refractivity contribution < 1.29 is 44.0 Å². The van der Waals surface area contributed by atoms with Crippen molar-refractivity contribution in [3.05, 3.63) is 93.0 Å². The number of hydrogen-bond donors (Lipinski definition) is 0. The molecule has 2 aromatic carbocycles. The van der Waals surface area contributed by atoms with Gasteiger partial charge in [0.15, 0.2) is 0 Å². The number of aryl methyl sites for hydroxylation is 1. The van der Waals surface area contributed by atoms with Crippen LogP contribution < -0.4 is 24.8 Å². The van der Waals surface area contributed by atoms with Crippen LogP contribution in [-0.2, 0) is 32.0 Å². The predicted molar refractivity (Wildman–Crippen MR) is 114 cm³/mol. The minimum Gasteiger partial charge on any atom is -1.00 e. The first-order chi connectivity index (χ1) is 13.9. The summed E-state index contributed by atoms with van der Waals surface area (Å²) in [5.41, 5.74) is 9.13. The number of nitrogens with zero attached hydrogens (tertiary/aromatic N) is 1. The minimum absolute atomic E-state index is 0. The Balaban J connectivity index is 0.00000109. The quantitative estimate of drug-likeness (QED) is 0.494. The SMILES string of the molecule is C1=CC[C]([Ti+2][CH]2C(n3c4c(c5ccccc53)CCCC4)=Cc3ccccc32)=C1.[Cl-].[Cl-]. The molecule has 1 nitrogen and oxygen atoms in total. The summed E-state index contributed by atoms with van der Waals surface area (Å²) >= 11 is -0.243. The smallest absolute Gasteiger partial charge is 1.00 e. The fourth-order valence-corrected chi connectivity index (χ4v) is 7.65. The fraction of sp³-hybridized carbons (Fsp3) is 0.231. The number of rotatable bonds is 3. The van der Waals surface area contributed by atoms with Crippen LogP contribution in [0.2, 0.25) is 0 Å². The van der Waals surface area contributed by atoms with Crippen LogP contribution in [0.15, 0.2) is 70.6 Å². The summed E-state index contributed by atoms with van der Waals surface area (Å²) in [4.78, 5) is 0. The van der Waals surface area contributed by atoms with E-state index in [4.69, 9.17) is 0 Å². The number of hydrogen-bond acceptors (Lipinski definition) is 0. The summed E-state index contributed by atoms with van der Waals surface area (Å²) in [5, 5.41) is 1.48. The molecule has 30 heavy (non-hydrogen) atoms. The Labute approximate surface area is 199 Å². The van der Waals surface area contributed by atoms with Gasteiger partial charge in [0, 0.05) is 0 Å². The zero-order valence-corrected chi connectivity index (χ0v) is 19.8. The summed E-state index contributed by atoms with van der Waals surface area (Å²) in [6.45, 7) is 0. The molecule has 1 aromatic heterocycles. The van der Waals surface area contributed by atoms with Gasteiger partial charge in [0.1, 0.15) is 0 Å². The van der Waals surface area contributed by atoms with Crippen LogP contribution in [-0.4, -0.2) is 4.57 Å². The van der Waals surface area contributed by atoms with Gasteiger partial charge in [-0.2, -0.15) is 0 Å². The van der Waals surface area contributed by atoms with E-state index in [2.05, 4.69) is 77.4 Å². The maximum absolute atomic E-state index is 2.67. The molecular formula is C26H23Cl2NTi. The van der Waals surface area contributed by atoms with Gasteiger partial charge in [-0.1, -0.05) is 0 Å². The molecular weight excluding hydrogens is 445 g/mol. The molecule has 3 aliphatic carbocycles. The van der Waals surface area contributed by atoms with Gasteiger partial charge in [-0.3, -0.25) is 0 Å². The van der Waals surface area contributed by atoms with Crippen molar-refractivity contribution in [1.29, 1.82) is 0 Å². The summed E-state index contributed by atoms with van der Waals surface area (Å²) in [6.07, 6.45) is 15.7. The van der Waals surface area contributed by atoms with Crippen LogP contribution in [0, 0.1) is 0 Å². The van der Waals surface area contributed by atoms with Gasteiger partial charge in [-0.15, -0.1) is 0 Å². The molecule has 1 atom stereocenters. The number of fused-ring (bicyclic) bond motifs is 4. The molecule has 0 N–H and O–H groups in total. The molecule has 0 bridgehead atoms. The Kier molecular flexibility index (Phi) is 6.46. The Morgan fingerprint density at radius 2 is 1.70 bits per heavy atom. The average Bonchev–Trinajstić information content (AvgIpc) is 3.45. The van der Waals surface area contributed by atoms with Crippen LogP contribution in [0.4, 0.5) is 0 Å². The molecule has 0 aliphatic heterocycles. The van der Waals surface area contributed by atoms with E-state index in [-0.39, 0.29) is 44.0 Å². The van der Waals surface area contributed by atoms with Gasteiger partial charge in [-0.05, 0) is 0 Å². The number of aromatic nitrogens is 1. The molecule has 3 aromatic rings. The summed E-state index contributed by atoms with van der Waals surface area (Å²) < 4.78 is 4.92. The Bertz CT molecular complexity index is 1180. The molecule has 0 saturated carbocycles. The van der Waals surface area contributed by atoms with Gasteiger partial charge < -0.3 is 24.8 Å². The van der Waals surface area contributed by atoms with Crippen LogP contribution in [0.1, 0.15) is 45.9 Å². The Hall–Kier alpha value is -1.51. The van der Waals surface area contributed by atoms with Crippen molar-refractivity contribution in [3.63, 3.8) is 0 Å². The van der Waals surface area contributed by atoms with Crippen molar-refractivity contribution in [2.24, 2.45) is 0 Å². The second-order valence-corrected chi connectivity index (χ2v) is 10.4. The monoisotopic (exact) mass is 467 g/mol. The third-order valence-electron chi connectivity index (χ3n) is 6.44.